The Kier molecular flexibility index (Phi) is 5.95. The Bertz CT molecular complexity index is 712. The van der Waals surface area contributed by atoms with Crippen LogP contribution in [0.15, 0.2) is 48.5 Å². The van der Waals surface area contributed by atoms with Gasteiger partial charge in [-0.1, -0.05) is 29.8 Å². The van der Waals surface area contributed by atoms with Gasteiger partial charge in [-0.05, 0) is 43.3 Å². The molecule has 0 amide bonds. The number of ketones is 1. The Labute approximate surface area is 154 Å². The second kappa shape index (κ2) is 8.37. The number of carbonyl (C=O) groups excluding carboxylic acids is 1. The smallest absolute Gasteiger partial charge is 0.164 e. The van der Waals surface area contributed by atoms with E-state index in [0.29, 0.717) is 22.7 Å². The number of anilines is 2. The lowest BCUT2D eigenvalue weighted by Gasteiger charge is -2.36. The molecule has 2 aromatic rings. The molecule has 1 aliphatic rings. The maximum Gasteiger partial charge on any atom is 0.164 e. The zero-order chi connectivity index (χ0) is 17.6. The molecule has 0 radical (unpaired) electrons. The van der Waals surface area contributed by atoms with Crippen molar-refractivity contribution in [3.8, 4) is 0 Å². The summed E-state index contributed by atoms with van der Waals surface area (Å²) < 4.78 is 0. The fourth-order valence-corrected chi connectivity index (χ4v) is 3.43. The lowest BCUT2D eigenvalue weighted by Crippen LogP contribution is -2.46. The molecule has 4 nitrogen and oxygen atoms in total. The van der Waals surface area contributed by atoms with Gasteiger partial charge in [0.1, 0.15) is 0 Å². The molecule has 0 unspecified atom stereocenters. The van der Waals surface area contributed by atoms with Crippen LogP contribution >= 0.6 is 11.6 Å². The Morgan fingerprint density at radius 3 is 2.44 bits per heavy atom. The van der Waals surface area contributed by atoms with Crippen LogP contribution in [0.25, 0.3) is 0 Å². The van der Waals surface area contributed by atoms with E-state index in [9.17, 15) is 4.79 Å². The zero-order valence-corrected chi connectivity index (χ0v) is 15.1. The molecule has 0 aliphatic carbocycles. The first-order chi connectivity index (χ1) is 12.1. The van der Waals surface area contributed by atoms with Gasteiger partial charge in [0.25, 0.3) is 0 Å². The summed E-state index contributed by atoms with van der Waals surface area (Å²) >= 11 is 5.88. The molecule has 0 bridgehead atoms. The minimum absolute atomic E-state index is 0.0945. The van der Waals surface area contributed by atoms with Gasteiger partial charge in [0.2, 0.25) is 0 Å². The number of nitrogens with two attached hydrogens (primary N) is 1. The molecule has 1 aliphatic heterocycles. The highest BCUT2D eigenvalue weighted by molar-refractivity contribution is 6.31. The van der Waals surface area contributed by atoms with Gasteiger partial charge in [-0.15, -0.1) is 0 Å². The largest absolute Gasteiger partial charge is 0.398 e. The third kappa shape index (κ3) is 4.74. The van der Waals surface area contributed by atoms with Gasteiger partial charge in [-0.2, -0.15) is 0 Å². The van der Waals surface area contributed by atoms with Crippen LogP contribution in [0.1, 0.15) is 23.2 Å². The van der Waals surface area contributed by atoms with Crippen molar-refractivity contribution >= 4 is 28.8 Å². The Morgan fingerprint density at radius 2 is 1.76 bits per heavy atom. The van der Waals surface area contributed by atoms with E-state index >= 15 is 0 Å². The van der Waals surface area contributed by atoms with E-state index < -0.39 is 0 Å². The van der Waals surface area contributed by atoms with Crippen LogP contribution in [-0.2, 0) is 0 Å². The Morgan fingerprint density at radius 1 is 1.04 bits per heavy atom. The highest BCUT2D eigenvalue weighted by Crippen LogP contribution is 2.20. The predicted octanol–water partition coefficient (Wildman–Crippen LogP) is 3.71. The van der Waals surface area contributed by atoms with E-state index in [-0.39, 0.29) is 5.78 Å². The zero-order valence-electron chi connectivity index (χ0n) is 14.3. The normalized spacial score (nSPS) is 15.3. The summed E-state index contributed by atoms with van der Waals surface area (Å²) in [5.74, 6) is 0.0945. The molecule has 132 valence electrons. The molecule has 5 heteroatoms. The van der Waals surface area contributed by atoms with E-state index in [0.717, 1.165) is 39.1 Å². The topological polar surface area (TPSA) is 49.6 Å². The number of halogens is 1. The summed E-state index contributed by atoms with van der Waals surface area (Å²) in [5.41, 5.74) is 8.22. The summed E-state index contributed by atoms with van der Waals surface area (Å²) in [7, 11) is 0. The van der Waals surface area contributed by atoms with Crippen LogP contribution < -0.4 is 10.6 Å². The summed E-state index contributed by atoms with van der Waals surface area (Å²) in [6.45, 7) is 5.07. The quantitative estimate of drug-likeness (QED) is 0.632. The van der Waals surface area contributed by atoms with Crippen LogP contribution in [-0.4, -0.2) is 43.4 Å². The number of carbonyl (C=O) groups is 1. The number of para-hydroxylation sites is 1. The van der Waals surface area contributed by atoms with Crippen molar-refractivity contribution in [3.63, 3.8) is 0 Å². The SMILES string of the molecule is Nc1cc(Cl)ccc1C(=O)CCCN1CCN(c2ccccc2)CC1. The van der Waals surface area contributed by atoms with E-state index in [4.69, 9.17) is 17.3 Å². The molecular formula is C20H24ClN3O. The van der Waals surface area contributed by atoms with Gasteiger partial charge in [-0.3, -0.25) is 9.69 Å². The molecule has 2 N–H and O–H groups in total. The van der Waals surface area contributed by atoms with E-state index in [1.165, 1.54) is 5.69 Å². The van der Waals surface area contributed by atoms with Crippen molar-refractivity contribution in [1.29, 1.82) is 0 Å². The van der Waals surface area contributed by atoms with Gasteiger partial charge >= 0.3 is 0 Å². The Balaban J connectivity index is 1.42. The van der Waals surface area contributed by atoms with Crippen molar-refractivity contribution in [3.05, 3.63) is 59.1 Å². The first-order valence-corrected chi connectivity index (χ1v) is 9.12. The predicted molar refractivity (Wildman–Crippen MR) is 105 cm³/mol. The number of nitrogen functional groups attached to an aromatic ring is 1. The van der Waals surface area contributed by atoms with Gasteiger partial charge in [-0.25, -0.2) is 0 Å². The number of hydrogen-bond acceptors (Lipinski definition) is 4. The first-order valence-electron chi connectivity index (χ1n) is 8.74. The first kappa shape index (κ1) is 17.8. The van der Waals surface area contributed by atoms with Gasteiger partial charge in [0.05, 0.1) is 0 Å². The molecule has 1 heterocycles. The minimum Gasteiger partial charge on any atom is -0.398 e. The molecule has 0 aromatic heterocycles. The average Bonchev–Trinajstić information content (AvgIpc) is 2.63. The summed E-state index contributed by atoms with van der Waals surface area (Å²) in [4.78, 5) is 17.1. The fraction of sp³-hybridized carbons (Fsp3) is 0.350. The van der Waals surface area contributed by atoms with Crippen LogP contribution in [0.4, 0.5) is 11.4 Å². The lowest BCUT2D eigenvalue weighted by molar-refractivity contribution is 0.0975. The molecule has 1 saturated heterocycles. The minimum atomic E-state index is 0.0945. The van der Waals surface area contributed by atoms with Crippen molar-refractivity contribution in [2.45, 2.75) is 12.8 Å². The van der Waals surface area contributed by atoms with Gasteiger partial charge in [0.15, 0.2) is 5.78 Å². The second-order valence-corrected chi connectivity index (χ2v) is 6.86. The van der Waals surface area contributed by atoms with Crippen molar-refractivity contribution < 1.29 is 4.79 Å². The number of rotatable bonds is 6. The van der Waals surface area contributed by atoms with Crippen LogP contribution in [0.2, 0.25) is 5.02 Å². The van der Waals surface area contributed by atoms with E-state index in [1.807, 2.05) is 6.07 Å². The van der Waals surface area contributed by atoms with Gasteiger partial charge in [0, 0.05) is 54.6 Å². The molecule has 0 spiro atoms. The highest BCUT2D eigenvalue weighted by Gasteiger charge is 2.17. The number of nitrogens with zero attached hydrogens (tertiary/aromatic N) is 2. The number of hydrogen-bond donors (Lipinski definition) is 1. The molecule has 0 saturated carbocycles. The van der Waals surface area contributed by atoms with Crippen molar-refractivity contribution in [1.82, 2.24) is 4.90 Å². The Hall–Kier alpha value is -2.04. The lowest BCUT2D eigenvalue weighted by atomic mass is 10.0. The standard InChI is InChI=1S/C20H24ClN3O/c21-16-8-9-18(19(22)15-16)20(25)7-4-10-23-11-13-24(14-12-23)17-5-2-1-3-6-17/h1-3,5-6,8-9,15H,4,7,10-14,22H2. The maximum atomic E-state index is 12.3. The molecule has 3 rings (SSSR count). The van der Waals surface area contributed by atoms with Crippen LogP contribution in [0.3, 0.4) is 0 Å². The molecule has 2 aromatic carbocycles. The fourth-order valence-electron chi connectivity index (χ4n) is 3.25. The monoisotopic (exact) mass is 357 g/mol. The number of Topliss-reactive ketones (excluding diaryl/α,β-unsaturated/α-hetero) is 1. The van der Waals surface area contributed by atoms with E-state index in [2.05, 4.69) is 34.1 Å². The summed E-state index contributed by atoms with van der Waals surface area (Å²) in [6, 6.07) is 15.6. The third-order valence-corrected chi connectivity index (χ3v) is 4.92. The molecule has 1 fully saturated rings. The number of benzene rings is 2. The maximum absolute atomic E-state index is 12.3. The summed E-state index contributed by atoms with van der Waals surface area (Å²) in [5, 5.41) is 0.560. The molecule has 25 heavy (non-hydrogen) atoms. The van der Waals surface area contributed by atoms with Gasteiger partial charge < -0.3 is 10.6 Å². The van der Waals surface area contributed by atoms with E-state index in [1.54, 1.807) is 18.2 Å². The third-order valence-electron chi connectivity index (χ3n) is 4.69. The van der Waals surface area contributed by atoms with Crippen LogP contribution in [0, 0.1) is 0 Å². The molecule has 0 atom stereocenters. The van der Waals surface area contributed by atoms with Crippen molar-refractivity contribution in [2.24, 2.45) is 0 Å². The molecular weight excluding hydrogens is 334 g/mol. The number of piperazine rings is 1. The average molecular weight is 358 g/mol. The van der Waals surface area contributed by atoms with Crippen LogP contribution in [0.5, 0.6) is 0 Å². The highest BCUT2D eigenvalue weighted by atomic mass is 35.5. The summed E-state index contributed by atoms with van der Waals surface area (Å²) in [6.07, 6.45) is 1.37. The van der Waals surface area contributed by atoms with Crippen molar-refractivity contribution in [2.75, 3.05) is 43.4 Å². The second-order valence-electron chi connectivity index (χ2n) is 6.42.